The first kappa shape index (κ1) is 19.0. The Balaban J connectivity index is 2.79. The summed E-state index contributed by atoms with van der Waals surface area (Å²) in [6.07, 6.45) is -0.739. The lowest BCUT2D eigenvalue weighted by molar-refractivity contribution is 0.0478. The second-order valence-electron chi connectivity index (χ2n) is 6.56. The first-order chi connectivity index (χ1) is 10.3. The fourth-order valence-corrected chi connectivity index (χ4v) is 1.58. The maximum absolute atomic E-state index is 13.5. The Hall–Kier alpha value is -2.06. The molecule has 0 aliphatic rings. The third kappa shape index (κ3) is 5.57. The molecule has 0 atom stereocenters. The highest BCUT2D eigenvalue weighted by molar-refractivity contribution is 5.68. The number of amides is 1. The summed E-state index contributed by atoms with van der Waals surface area (Å²) in [7, 11) is 0. The number of ether oxygens (including phenoxy) is 1. The van der Waals surface area contributed by atoms with Gasteiger partial charge in [0.05, 0.1) is 5.54 Å². The van der Waals surface area contributed by atoms with Gasteiger partial charge in [0.2, 0.25) is 11.6 Å². The highest BCUT2D eigenvalue weighted by Gasteiger charge is 2.27. The van der Waals surface area contributed by atoms with Crippen molar-refractivity contribution in [3.05, 3.63) is 23.5 Å². The molecule has 1 rings (SSSR count). The van der Waals surface area contributed by atoms with Gasteiger partial charge in [0.15, 0.2) is 0 Å². The largest absolute Gasteiger partial charge is 0.444 e. The minimum Gasteiger partial charge on any atom is -0.444 e. The van der Waals surface area contributed by atoms with Crippen LogP contribution in [0.2, 0.25) is 0 Å². The first-order valence-corrected chi connectivity index (χ1v) is 6.77. The summed E-state index contributed by atoms with van der Waals surface area (Å²) >= 11 is 0. The molecule has 1 heterocycles. The minimum atomic E-state index is -1.76. The molecular weight excluding hydrogens is 318 g/mol. The lowest BCUT2D eigenvalue weighted by Gasteiger charge is -2.29. The predicted octanol–water partition coefficient (Wildman–Crippen LogP) is 3.35. The second kappa shape index (κ2) is 6.59. The average Bonchev–Trinajstić information content (AvgIpc) is 2.33. The summed E-state index contributed by atoms with van der Waals surface area (Å²) in [5.74, 6) is -6.80. The number of carbonyl (C=O) groups excluding carboxylic acids is 1. The molecule has 0 unspecified atom stereocenters. The monoisotopic (exact) mass is 337 g/mol. The molecule has 0 radical (unpaired) electrons. The van der Waals surface area contributed by atoms with E-state index in [0.717, 1.165) is 0 Å². The van der Waals surface area contributed by atoms with E-state index in [1.165, 1.54) is 13.8 Å². The van der Waals surface area contributed by atoms with Crippen molar-refractivity contribution in [2.24, 2.45) is 0 Å². The van der Waals surface area contributed by atoms with Crippen LogP contribution in [0.4, 0.5) is 28.0 Å². The maximum atomic E-state index is 13.5. The number of anilines is 1. The quantitative estimate of drug-likeness (QED) is 0.653. The van der Waals surface area contributed by atoms with Crippen molar-refractivity contribution in [2.75, 3.05) is 11.9 Å². The smallest absolute Gasteiger partial charge is 0.408 e. The zero-order valence-electron chi connectivity index (χ0n) is 13.5. The van der Waals surface area contributed by atoms with Crippen LogP contribution in [0, 0.1) is 23.5 Å². The van der Waals surface area contributed by atoms with E-state index in [-0.39, 0.29) is 6.54 Å². The van der Waals surface area contributed by atoms with E-state index in [4.69, 9.17) is 4.74 Å². The van der Waals surface area contributed by atoms with Crippen molar-refractivity contribution in [3.63, 3.8) is 0 Å². The lowest BCUT2D eigenvalue weighted by atomic mass is 10.1. The Morgan fingerprint density at radius 3 is 1.96 bits per heavy atom. The highest BCUT2D eigenvalue weighted by Crippen LogP contribution is 2.22. The van der Waals surface area contributed by atoms with Crippen molar-refractivity contribution >= 4 is 11.8 Å². The summed E-state index contributed by atoms with van der Waals surface area (Å²) in [6, 6.07) is 0. The summed E-state index contributed by atoms with van der Waals surface area (Å²) < 4.78 is 58.0. The van der Waals surface area contributed by atoms with Gasteiger partial charge in [-0.2, -0.15) is 22.5 Å². The number of aromatic nitrogens is 1. The Labute approximate surface area is 131 Å². The van der Waals surface area contributed by atoms with Gasteiger partial charge >= 0.3 is 6.09 Å². The number of carbonyl (C=O) groups is 1. The Morgan fingerprint density at radius 1 is 1.04 bits per heavy atom. The van der Waals surface area contributed by atoms with E-state index in [0.29, 0.717) is 0 Å². The lowest BCUT2D eigenvalue weighted by Crippen LogP contribution is -2.50. The molecule has 23 heavy (non-hydrogen) atoms. The maximum Gasteiger partial charge on any atom is 0.408 e. The molecule has 0 bridgehead atoms. The molecule has 0 saturated carbocycles. The van der Waals surface area contributed by atoms with Crippen LogP contribution in [-0.4, -0.2) is 28.8 Å². The summed E-state index contributed by atoms with van der Waals surface area (Å²) in [5.41, 5.74) is -2.73. The van der Waals surface area contributed by atoms with Crippen molar-refractivity contribution < 1.29 is 27.1 Å². The van der Waals surface area contributed by atoms with E-state index in [9.17, 15) is 22.4 Å². The number of hydrogen-bond acceptors (Lipinski definition) is 4. The molecule has 1 aromatic rings. The molecule has 0 aliphatic heterocycles. The van der Waals surface area contributed by atoms with Crippen LogP contribution in [0.1, 0.15) is 34.6 Å². The van der Waals surface area contributed by atoms with Crippen LogP contribution in [0.15, 0.2) is 0 Å². The van der Waals surface area contributed by atoms with E-state index < -0.39 is 46.5 Å². The normalized spacial score (nSPS) is 12.0. The molecule has 5 nitrogen and oxygen atoms in total. The van der Waals surface area contributed by atoms with Gasteiger partial charge in [0.25, 0.3) is 11.9 Å². The third-order valence-electron chi connectivity index (χ3n) is 2.54. The second-order valence-corrected chi connectivity index (χ2v) is 6.56. The molecule has 1 amide bonds. The fraction of sp³-hybridized carbons (Fsp3) is 0.571. The number of hydrogen-bond donors (Lipinski definition) is 2. The Morgan fingerprint density at radius 2 is 1.52 bits per heavy atom. The molecule has 1 aromatic heterocycles. The highest BCUT2D eigenvalue weighted by atomic mass is 19.2. The summed E-state index contributed by atoms with van der Waals surface area (Å²) in [6.45, 7) is 7.87. The molecule has 0 spiro atoms. The van der Waals surface area contributed by atoms with Crippen molar-refractivity contribution in [2.45, 2.75) is 45.8 Å². The third-order valence-corrected chi connectivity index (χ3v) is 2.54. The van der Waals surface area contributed by atoms with Gasteiger partial charge in [0.1, 0.15) is 11.3 Å². The number of nitrogens with one attached hydrogen (secondary N) is 2. The van der Waals surface area contributed by atoms with E-state index >= 15 is 0 Å². The standard InChI is InChI=1S/C14H19F4N3O2/c1-13(2,3)23-12(22)21-14(4,5)6-19-9-7(15)10(17)20-11(18)8(9)16/h6H2,1-5H3,(H,19,20)(H,21,22). The van der Waals surface area contributed by atoms with Crippen LogP contribution < -0.4 is 10.6 Å². The molecule has 0 fully saturated rings. The zero-order valence-corrected chi connectivity index (χ0v) is 13.5. The van der Waals surface area contributed by atoms with Crippen LogP contribution >= 0.6 is 0 Å². The first-order valence-electron chi connectivity index (χ1n) is 6.77. The van der Waals surface area contributed by atoms with Gasteiger partial charge in [-0.1, -0.05) is 0 Å². The predicted molar refractivity (Wildman–Crippen MR) is 76.0 cm³/mol. The van der Waals surface area contributed by atoms with Crippen LogP contribution in [-0.2, 0) is 4.74 Å². The van der Waals surface area contributed by atoms with Gasteiger partial charge in [-0.15, -0.1) is 0 Å². The number of nitrogens with zero attached hydrogens (tertiary/aromatic N) is 1. The average molecular weight is 337 g/mol. The van der Waals surface area contributed by atoms with Crippen molar-refractivity contribution in [1.29, 1.82) is 0 Å². The number of alkyl carbamates (subject to hydrolysis) is 1. The molecule has 0 aliphatic carbocycles. The van der Waals surface area contributed by atoms with Crippen LogP contribution in [0.5, 0.6) is 0 Å². The zero-order chi connectivity index (χ0) is 18.0. The number of rotatable bonds is 4. The SMILES string of the molecule is CC(C)(CNc1c(F)c(F)nc(F)c1F)NC(=O)OC(C)(C)C. The van der Waals surface area contributed by atoms with Crippen LogP contribution in [0.25, 0.3) is 0 Å². The van der Waals surface area contributed by atoms with Gasteiger partial charge in [-0.25, -0.2) is 4.79 Å². The van der Waals surface area contributed by atoms with Gasteiger partial charge < -0.3 is 15.4 Å². The Kier molecular flexibility index (Phi) is 5.44. The van der Waals surface area contributed by atoms with E-state index in [1.807, 2.05) is 0 Å². The van der Waals surface area contributed by atoms with E-state index in [2.05, 4.69) is 15.6 Å². The number of halogens is 4. The minimum absolute atomic E-state index is 0.219. The molecule has 2 N–H and O–H groups in total. The van der Waals surface area contributed by atoms with Gasteiger partial charge in [0, 0.05) is 6.54 Å². The summed E-state index contributed by atoms with van der Waals surface area (Å²) in [5, 5.41) is 4.71. The fourth-order valence-electron chi connectivity index (χ4n) is 1.58. The summed E-state index contributed by atoms with van der Waals surface area (Å²) in [4.78, 5) is 14.1. The Bertz CT molecular complexity index is 574. The molecular formula is C14H19F4N3O2. The molecule has 0 aromatic carbocycles. The molecule has 9 heteroatoms. The van der Waals surface area contributed by atoms with Crippen molar-refractivity contribution in [3.8, 4) is 0 Å². The molecule has 0 saturated heterocycles. The topological polar surface area (TPSA) is 63.2 Å². The van der Waals surface area contributed by atoms with Gasteiger partial charge in [-0.05, 0) is 34.6 Å². The number of pyridine rings is 1. The van der Waals surface area contributed by atoms with Crippen LogP contribution in [0.3, 0.4) is 0 Å². The van der Waals surface area contributed by atoms with Crippen molar-refractivity contribution in [1.82, 2.24) is 10.3 Å². The molecule has 130 valence electrons. The van der Waals surface area contributed by atoms with E-state index in [1.54, 1.807) is 20.8 Å². The van der Waals surface area contributed by atoms with Gasteiger partial charge in [-0.3, -0.25) is 0 Å².